The Morgan fingerprint density at radius 2 is 1.86 bits per heavy atom. The maximum Gasteiger partial charge on any atom is 0.179 e. The van der Waals surface area contributed by atoms with Crippen molar-refractivity contribution < 1.29 is 22.7 Å². The predicted molar refractivity (Wildman–Crippen MR) is 112 cm³/mol. The zero-order valence-corrected chi connectivity index (χ0v) is 18.0. The molecule has 0 saturated heterocycles. The van der Waals surface area contributed by atoms with E-state index in [9.17, 15) is 17.9 Å². The largest absolute Gasteiger partial charge is 0.497 e. The lowest BCUT2D eigenvalue weighted by Crippen LogP contribution is -2.42. The SMILES string of the molecule is CCCC[C@]1(CC)CS(=O)(=O)c2ccc(OC)cc2[C@@H](c2ccc(F)cc2)[C@H]1O. The molecule has 0 aliphatic carbocycles. The molecule has 29 heavy (non-hydrogen) atoms. The zero-order valence-electron chi connectivity index (χ0n) is 17.2. The summed E-state index contributed by atoms with van der Waals surface area (Å²) < 4.78 is 45.7. The molecule has 3 rings (SSSR count). The number of benzene rings is 2. The standard InChI is InChI=1S/C23H29FO4S/c1-4-6-13-23(5-2)15-29(26,27)20-12-11-18(28-3)14-19(20)21(22(23)25)16-7-9-17(24)10-8-16/h7-12,14,21-22,25H,4-6,13,15H2,1-3H3/t21-,22-,23-/m1/s1. The maximum atomic E-state index is 13.6. The van der Waals surface area contributed by atoms with Crippen LogP contribution in [-0.2, 0) is 9.84 Å². The number of halogens is 1. The van der Waals surface area contributed by atoms with Crippen LogP contribution in [0.2, 0.25) is 0 Å². The summed E-state index contributed by atoms with van der Waals surface area (Å²) in [5.74, 6) is -0.539. The summed E-state index contributed by atoms with van der Waals surface area (Å²) in [5.41, 5.74) is 0.426. The third kappa shape index (κ3) is 4.05. The predicted octanol–water partition coefficient (Wildman–Crippen LogP) is 4.70. The zero-order chi connectivity index (χ0) is 21.2. The smallest absolute Gasteiger partial charge is 0.179 e. The Labute approximate surface area is 172 Å². The monoisotopic (exact) mass is 420 g/mol. The van der Waals surface area contributed by atoms with Crippen LogP contribution in [0.15, 0.2) is 47.4 Å². The number of methoxy groups -OCH3 is 1. The average molecular weight is 421 g/mol. The fourth-order valence-electron chi connectivity index (χ4n) is 4.51. The van der Waals surface area contributed by atoms with Crippen molar-refractivity contribution in [1.82, 2.24) is 0 Å². The lowest BCUT2D eigenvalue weighted by Gasteiger charge is -2.39. The highest BCUT2D eigenvalue weighted by Crippen LogP contribution is 2.49. The minimum absolute atomic E-state index is 0.102. The summed E-state index contributed by atoms with van der Waals surface area (Å²) in [6, 6.07) is 10.8. The Hall–Kier alpha value is -1.92. The van der Waals surface area contributed by atoms with E-state index < -0.39 is 27.3 Å². The lowest BCUT2D eigenvalue weighted by molar-refractivity contribution is 0.0173. The summed E-state index contributed by atoms with van der Waals surface area (Å²) >= 11 is 0. The number of unbranched alkanes of at least 4 members (excludes halogenated alkanes) is 1. The van der Waals surface area contributed by atoms with Crippen LogP contribution in [0.3, 0.4) is 0 Å². The molecule has 0 aromatic heterocycles. The number of sulfone groups is 1. The van der Waals surface area contributed by atoms with Crippen molar-refractivity contribution in [2.45, 2.75) is 56.4 Å². The number of fused-ring (bicyclic) bond motifs is 1. The van der Waals surface area contributed by atoms with Crippen LogP contribution in [-0.4, -0.2) is 32.5 Å². The number of hydrogen-bond donors (Lipinski definition) is 1. The molecule has 1 aliphatic heterocycles. The highest BCUT2D eigenvalue weighted by atomic mass is 32.2. The van der Waals surface area contributed by atoms with Crippen LogP contribution in [0, 0.1) is 11.2 Å². The van der Waals surface area contributed by atoms with Gasteiger partial charge in [-0.3, -0.25) is 0 Å². The van der Waals surface area contributed by atoms with Gasteiger partial charge in [0, 0.05) is 11.3 Å². The summed E-state index contributed by atoms with van der Waals surface area (Å²) in [6.45, 7) is 3.99. The summed E-state index contributed by atoms with van der Waals surface area (Å²) in [6.07, 6.45) is 1.97. The quantitative estimate of drug-likeness (QED) is 0.736. The Balaban J connectivity index is 2.29. The third-order valence-corrected chi connectivity index (χ3v) is 8.27. The van der Waals surface area contributed by atoms with Crippen molar-refractivity contribution in [2.75, 3.05) is 12.9 Å². The fraction of sp³-hybridized carbons (Fsp3) is 0.478. The molecule has 0 radical (unpaired) electrons. The van der Waals surface area contributed by atoms with Crippen molar-refractivity contribution >= 4 is 9.84 Å². The molecule has 0 spiro atoms. The molecular formula is C23H29FO4S. The van der Waals surface area contributed by atoms with Crippen molar-refractivity contribution in [3.8, 4) is 5.75 Å². The molecule has 3 atom stereocenters. The molecule has 1 N–H and O–H groups in total. The first-order chi connectivity index (χ1) is 13.8. The van der Waals surface area contributed by atoms with Crippen LogP contribution < -0.4 is 4.74 Å². The number of rotatable bonds is 6. The first-order valence-corrected chi connectivity index (χ1v) is 11.8. The van der Waals surface area contributed by atoms with Crippen molar-refractivity contribution in [3.63, 3.8) is 0 Å². The van der Waals surface area contributed by atoms with Gasteiger partial charge in [-0.15, -0.1) is 0 Å². The molecule has 2 aromatic rings. The Morgan fingerprint density at radius 3 is 2.45 bits per heavy atom. The van der Waals surface area contributed by atoms with Crippen LogP contribution in [0.1, 0.15) is 56.6 Å². The molecule has 158 valence electrons. The third-order valence-electron chi connectivity index (χ3n) is 6.27. The van der Waals surface area contributed by atoms with Gasteiger partial charge in [0.25, 0.3) is 0 Å². The maximum absolute atomic E-state index is 13.6. The van der Waals surface area contributed by atoms with E-state index in [-0.39, 0.29) is 16.5 Å². The molecule has 0 unspecified atom stereocenters. The van der Waals surface area contributed by atoms with Gasteiger partial charge in [-0.1, -0.05) is 38.8 Å². The summed E-state index contributed by atoms with van der Waals surface area (Å²) in [4.78, 5) is 0.221. The van der Waals surface area contributed by atoms with Crippen LogP contribution in [0.25, 0.3) is 0 Å². The molecule has 0 bridgehead atoms. The minimum atomic E-state index is -3.63. The van der Waals surface area contributed by atoms with Gasteiger partial charge < -0.3 is 9.84 Å². The van der Waals surface area contributed by atoms with E-state index in [1.54, 1.807) is 30.3 Å². The first-order valence-electron chi connectivity index (χ1n) is 10.1. The molecule has 4 nitrogen and oxygen atoms in total. The number of aliphatic hydroxyl groups excluding tert-OH is 1. The van der Waals surface area contributed by atoms with E-state index in [1.165, 1.54) is 19.2 Å². The number of hydrogen-bond acceptors (Lipinski definition) is 4. The van der Waals surface area contributed by atoms with Crippen molar-refractivity contribution in [2.24, 2.45) is 5.41 Å². The van der Waals surface area contributed by atoms with Crippen LogP contribution >= 0.6 is 0 Å². The highest BCUT2D eigenvalue weighted by molar-refractivity contribution is 7.91. The molecule has 0 fully saturated rings. The Kier molecular flexibility index (Phi) is 6.34. The van der Waals surface area contributed by atoms with Gasteiger partial charge in [0.1, 0.15) is 11.6 Å². The topological polar surface area (TPSA) is 63.6 Å². The second kappa shape index (κ2) is 8.44. The molecule has 0 saturated carbocycles. The fourth-order valence-corrected chi connectivity index (χ4v) is 6.77. The van der Waals surface area contributed by atoms with Gasteiger partial charge in [0.2, 0.25) is 0 Å². The van der Waals surface area contributed by atoms with E-state index in [2.05, 4.69) is 6.92 Å². The molecule has 6 heteroatoms. The summed E-state index contributed by atoms with van der Waals surface area (Å²) in [5, 5.41) is 11.7. The second-order valence-corrected chi connectivity index (χ2v) is 9.91. The molecule has 2 aromatic carbocycles. The second-order valence-electron chi connectivity index (χ2n) is 7.96. The minimum Gasteiger partial charge on any atom is -0.497 e. The summed E-state index contributed by atoms with van der Waals surface area (Å²) in [7, 11) is -2.10. The Bertz CT molecular complexity index is 955. The Morgan fingerprint density at radius 1 is 1.17 bits per heavy atom. The molecule has 1 aliphatic rings. The lowest BCUT2D eigenvalue weighted by atomic mass is 9.69. The van der Waals surface area contributed by atoms with Gasteiger partial charge in [-0.2, -0.15) is 0 Å². The van der Waals surface area contributed by atoms with Gasteiger partial charge >= 0.3 is 0 Å². The first kappa shape index (κ1) is 21.8. The van der Waals surface area contributed by atoms with Crippen molar-refractivity contribution in [1.29, 1.82) is 0 Å². The highest BCUT2D eigenvalue weighted by Gasteiger charge is 2.48. The number of ether oxygens (including phenoxy) is 1. The van der Waals surface area contributed by atoms with E-state index in [1.807, 2.05) is 6.92 Å². The van der Waals surface area contributed by atoms with Gasteiger partial charge in [0.05, 0.1) is 23.9 Å². The molecule has 0 amide bonds. The van der Waals surface area contributed by atoms with E-state index in [0.29, 0.717) is 29.7 Å². The molecule has 1 heterocycles. The normalized spacial score (nSPS) is 25.8. The van der Waals surface area contributed by atoms with Crippen molar-refractivity contribution in [3.05, 3.63) is 59.4 Å². The molecular weight excluding hydrogens is 391 g/mol. The van der Waals surface area contributed by atoms with Crippen LogP contribution in [0.5, 0.6) is 5.75 Å². The van der Waals surface area contributed by atoms with E-state index in [0.717, 1.165) is 12.8 Å². The van der Waals surface area contributed by atoms with Gasteiger partial charge in [-0.25, -0.2) is 12.8 Å². The van der Waals surface area contributed by atoms with E-state index >= 15 is 0 Å². The van der Waals surface area contributed by atoms with Gasteiger partial charge in [0.15, 0.2) is 9.84 Å². The number of aliphatic hydroxyl groups is 1. The van der Waals surface area contributed by atoms with Crippen LogP contribution in [0.4, 0.5) is 4.39 Å². The van der Waals surface area contributed by atoms with E-state index in [4.69, 9.17) is 4.74 Å². The van der Waals surface area contributed by atoms with Gasteiger partial charge in [-0.05, 0) is 54.3 Å². The average Bonchev–Trinajstić information content (AvgIpc) is 2.78.